The van der Waals surface area contributed by atoms with Gasteiger partial charge in [-0.05, 0) is 74.6 Å². The van der Waals surface area contributed by atoms with Crippen molar-refractivity contribution >= 4 is 24.2 Å². The molecule has 0 spiro atoms. The molecule has 40 heavy (non-hydrogen) atoms. The molecular weight excluding hydrogens is 682 g/mol. The van der Waals surface area contributed by atoms with Crippen molar-refractivity contribution in [2.24, 2.45) is 0 Å². The molecule has 2 aliphatic rings. The first-order valence-corrected chi connectivity index (χ1v) is 16.4. The molecule has 3 aromatic carbocycles. The zero-order valence-corrected chi connectivity index (χ0v) is 28.1. The van der Waals surface area contributed by atoms with E-state index in [1.165, 1.54) is 65.2 Å². The maximum atomic E-state index is 5.46. The van der Waals surface area contributed by atoms with E-state index >= 15 is 0 Å². The van der Waals surface area contributed by atoms with Crippen molar-refractivity contribution in [2.75, 3.05) is 0 Å². The fraction of sp³-hybridized carbons (Fsp3) is 0.351. The maximum absolute atomic E-state index is 5.46. The van der Waals surface area contributed by atoms with Gasteiger partial charge in [-0.2, -0.15) is 0 Å². The Morgan fingerprint density at radius 1 is 0.575 bits per heavy atom. The van der Waals surface area contributed by atoms with E-state index in [9.17, 15) is 0 Å². The summed E-state index contributed by atoms with van der Waals surface area (Å²) in [5.74, 6) is 0.937. The van der Waals surface area contributed by atoms with Crippen LogP contribution in [-0.4, -0.2) is 0 Å². The molecule has 1 radical (unpaired) electrons. The Morgan fingerprint density at radius 2 is 1.02 bits per heavy atom. The minimum absolute atomic E-state index is 0. The quantitative estimate of drug-likeness (QED) is 0.170. The van der Waals surface area contributed by atoms with E-state index in [0.29, 0.717) is 11.8 Å². The number of para-hydroxylation sites is 1. The van der Waals surface area contributed by atoms with Crippen molar-refractivity contribution in [1.82, 2.24) is 0 Å². The smallest absolute Gasteiger partial charge is 0.102 e. The molecule has 0 aliphatic heterocycles. The van der Waals surface area contributed by atoms with E-state index in [1.807, 2.05) is 0 Å². The van der Waals surface area contributed by atoms with Gasteiger partial charge in [0.1, 0.15) is 10.6 Å². The summed E-state index contributed by atoms with van der Waals surface area (Å²) in [6.07, 6.45) is 17.5. The van der Waals surface area contributed by atoms with Crippen LogP contribution < -0.4 is 10.6 Å². The zero-order chi connectivity index (χ0) is 27.5. The third-order valence-electron chi connectivity index (χ3n) is 7.54. The number of benzene rings is 3. The summed E-state index contributed by atoms with van der Waals surface area (Å²) < 4.78 is 0. The minimum Gasteiger partial charge on any atom is -0.658 e. The molecule has 3 aromatic rings. The first-order chi connectivity index (χ1) is 19.1. The van der Waals surface area contributed by atoms with Gasteiger partial charge in [0.25, 0.3) is 0 Å². The summed E-state index contributed by atoms with van der Waals surface area (Å²) in [5, 5.41) is 9.98. The molecule has 3 heteroatoms. The predicted molar refractivity (Wildman–Crippen MR) is 176 cm³/mol. The van der Waals surface area contributed by atoms with Crippen LogP contribution in [0.4, 0.5) is 5.69 Å². The van der Waals surface area contributed by atoms with Crippen molar-refractivity contribution < 1.29 is 20.1 Å². The molecule has 5 rings (SSSR count). The van der Waals surface area contributed by atoms with Crippen LogP contribution in [-0.2, 0) is 20.1 Å². The van der Waals surface area contributed by atoms with Gasteiger partial charge in [0.2, 0.25) is 0 Å². The summed E-state index contributed by atoms with van der Waals surface area (Å²) in [4.78, 5) is 0. The molecule has 0 amide bonds. The Kier molecular flexibility index (Phi) is 13.6. The van der Waals surface area contributed by atoms with Gasteiger partial charge in [0.05, 0.1) is 13.2 Å². The largest absolute Gasteiger partial charge is 0.658 e. The predicted octanol–water partition coefficient (Wildman–Crippen LogP) is 10.9. The summed E-state index contributed by atoms with van der Waals surface area (Å²) in [5.41, 5.74) is 5.32. The van der Waals surface area contributed by atoms with Gasteiger partial charge < -0.3 is 5.32 Å². The van der Waals surface area contributed by atoms with Gasteiger partial charge in [0, 0.05) is 26.5 Å². The Bertz CT molecular complexity index is 1170. The number of hydrogen-bond donors (Lipinski definition) is 0. The Hall–Kier alpha value is -2.24. The van der Waals surface area contributed by atoms with Gasteiger partial charge in [-0.25, -0.2) is 0 Å². The molecule has 0 saturated heterocycles. The van der Waals surface area contributed by atoms with E-state index in [4.69, 9.17) is 5.32 Å². The van der Waals surface area contributed by atoms with Crippen molar-refractivity contribution in [2.45, 2.75) is 84.5 Å². The molecule has 0 bridgehead atoms. The van der Waals surface area contributed by atoms with E-state index in [1.54, 1.807) is 5.31 Å². The third-order valence-corrected chi connectivity index (χ3v) is 10.5. The fourth-order valence-electron chi connectivity index (χ4n) is 5.48. The standard InChI is InChI=1S/C29H33NP.C8H12.Ir/c1-21(2)25-17-11-18-26(22(3)4)29(25)30-27-19-12-20-28(27)31(23-13-7-5-8-14-23)24-15-9-6-10-16-24;1-2-4-6-8-7-5-3-1;/h5-11,13-18,21-22H,12,19-20H2,1-4H3;1-2,7-8H,3-6H2;/q-1;;/p+1/b;2-1-,8-7-;. The van der Waals surface area contributed by atoms with Crippen molar-refractivity contribution in [1.29, 1.82) is 0 Å². The average molecular weight is 728 g/mol. The van der Waals surface area contributed by atoms with Crippen LogP contribution in [0.2, 0.25) is 0 Å². The molecule has 0 aromatic heterocycles. The van der Waals surface area contributed by atoms with Crippen LogP contribution in [0.1, 0.15) is 95.6 Å². The van der Waals surface area contributed by atoms with E-state index in [0.717, 1.165) is 12.8 Å². The molecule has 0 heterocycles. The van der Waals surface area contributed by atoms with Gasteiger partial charge in [-0.1, -0.05) is 118 Å². The van der Waals surface area contributed by atoms with Gasteiger partial charge in [-0.15, -0.1) is 11.4 Å². The first-order valence-electron chi connectivity index (χ1n) is 14.9. The van der Waals surface area contributed by atoms with E-state index < -0.39 is 7.92 Å². The number of allylic oxidation sites excluding steroid dienone is 6. The Morgan fingerprint density at radius 3 is 1.45 bits per heavy atom. The molecule has 0 unspecified atom stereocenters. The van der Waals surface area contributed by atoms with Crippen molar-refractivity contribution in [3.63, 3.8) is 0 Å². The van der Waals surface area contributed by atoms with Crippen LogP contribution in [0.3, 0.4) is 0 Å². The normalized spacial score (nSPS) is 16.6. The second-order valence-electron chi connectivity index (χ2n) is 11.2. The van der Waals surface area contributed by atoms with Crippen LogP contribution in [0.25, 0.3) is 5.32 Å². The van der Waals surface area contributed by atoms with Gasteiger partial charge >= 0.3 is 0 Å². The number of hydrogen-bond acceptors (Lipinski definition) is 0. The van der Waals surface area contributed by atoms with Crippen molar-refractivity contribution in [3.05, 3.63) is 131 Å². The molecule has 213 valence electrons. The second-order valence-corrected chi connectivity index (χ2v) is 13.7. The fourth-order valence-corrected chi connectivity index (χ4v) is 8.46. The third kappa shape index (κ3) is 8.88. The Labute approximate surface area is 258 Å². The van der Waals surface area contributed by atoms with Crippen LogP contribution in [0.15, 0.2) is 114 Å². The molecular formula is C37H46IrNP. The van der Waals surface area contributed by atoms with Gasteiger partial charge in [0.15, 0.2) is 0 Å². The molecule has 0 atom stereocenters. The first kappa shape index (κ1) is 32.3. The number of nitrogens with zero attached hydrogens (tertiary/aromatic N) is 1. The van der Waals surface area contributed by atoms with Crippen LogP contribution in [0.5, 0.6) is 0 Å². The molecule has 2 aliphatic carbocycles. The second kappa shape index (κ2) is 16.9. The van der Waals surface area contributed by atoms with Crippen LogP contribution in [0, 0.1) is 0 Å². The Balaban J connectivity index is 0.000000423. The molecule has 0 fully saturated rings. The van der Waals surface area contributed by atoms with Crippen molar-refractivity contribution in [3.8, 4) is 0 Å². The maximum Gasteiger partial charge on any atom is 0.102 e. The topological polar surface area (TPSA) is 14.1 Å². The summed E-state index contributed by atoms with van der Waals surface area (Å²) in [6.45, 7) is 9.13. The SMILES string of the molecule is C1=C\CC/C=C\CC/1.CC(C)c1cccc(C(C)C)c1[N-]C1=C([PH+](c2ccccc2)c2ccccc2)CCC1.[Ir]. The average Bonchev–Trinajstić information content (AvgIpc) is 3.37. The molecule has 1 nitrogen and oxygen atoms in total. The molecule has 0 saturated carbocycles. The summed E-state index contributed by atoms with van der Waals surface area (Å²) in [7, 11) is -1.02. The molecule has 0 N–H and O–H groups in total. The van der Waals surface area contributed by atoms with E-state index in [-0.39, 0.29) is 20.1 Å². The van der Waals surface area contributed by atoms with Crippen LogP contribution >= 0.6 is 7.92 Å². The van der Waals surface area contributed by atoms with Gasteiger partial charge in [-0.3, -0.25) is 0 Å². The van der Waals surface area contributed by atoms with E-state index in [2.05, 4.69) is 131 Å². The monoisotopic (exact) mass is 728 g/mol. The number of rotatable bonds is 7. The summed E-state index contributed by atoms with van der Waals surface area (Å²) >= 11 is 0. The zero-order valence-electron chi connectivity index (χ0n) is 24.7. The summed E-state index contributed by atoms with van der Waals surface area (Å²) in [6, 6.07) is 29.0. The minimum atomic E-state index is -1.02.